The van der Waals surface area contributed by atoms with Crippen LogP contribution in [0.5, 0.6) is 0 Å². The minimum absolute atomic E-state index is 0. The van der Waals surface area contributed by atoms with Gasteiger partial charge in [0, 0.05) is 0 Å². The summed E-state index contributed by atoms with van der Waals surface area (Å²) >= 11 is 0. The largest absolute Gasteiger partial charge is 0.480 e. The molecule has 2 rings (SSSR count). The summed E-state index contributed by atoms with van der Waals surface area (Å²) in [7, 11) is 0. The zero-order chi connectivity index (χ0) is 17.9. The van der Waals surface area contributed by atoms with Crippen molar-refractivity contribution in [2.75, 3.05) is 0 Å². The number of benzene rings is 2. The number of carbonyl (C=O) groups is 2. The molecule has 0 aliphatic heterocycles. The average Bonchev–Trinajstić information content (AvgIpc) is 2.57. The highest BCUT2D eigenvalue weighted by atomic mass is 35.5. The summed E-state index contributed by atoms with van der Waals surface area (Å²) in [4.78, 5) is 20.8. The predicted molar refractivity (Wildman–Crippen MR) is 113 cm³/mol. The normalized spacial score (nSPS) is 11.0. The quantitative estimate of drug-likeness (QED) is 0.548. The average molecular weight is 440 g/mol. The molecule has 0 fully saturated rings. The molecule has 0 heterocycles. The fourth-order valence-corrected chi connectivity index (χ4v) is 1.91. The predicted octanol–water partition coefficient (Wildman–Crippen LogP) is 2.55. The lowest BCUT2D eigenvalue weighted by Crippen LogP contribution is -2.32. The highest BCUT2D eigenvalue weighted by Crippen LogP contribution is 2.02. The van der Waals surface area contributed by atoms with Crippen LogP contribution in [-0.4, -0.2) is 34.2 Å². The highest BCUT2D eigenvalue weighted by molar-refractivity contribution is 5.86. The smallest absolute Gasteiger partial charge is 0.320 e. The first-order valence-electron chi connectivity index (χ1n) is 7.44. The summed E-state index contributed by atoms with van der Waals surface area (Å²) < 4.78 is 0. The van der Waals surface area contributed by atoms with Crippen LogP contribution in [0, 0.1) is 0 Å². The maximum Gasteiger partial charge on any atom is 0.320 e. The number of hydrogen-bond donors (Lipinski definition) is 4. The Bertz CT molecular complexity index is 588. The van der Waals surface area contributed by atoms with Gasteiger partial charge in [-0.15, -0.1) is 37.2 Å². The van der Waals surface area contributed by atoms with Gasteiger partial charge in [0.2, 0.25) is 0 Å². The van der Waals surface area contributed by atoms with E-state index in [-0.39, 0.29) is 37.2 Å². The van der Waals surface area contributed by atoms with Crippen molar-refractivity contribution in [1.82, 2.24) is 0 Å². The van der Waals surface area contributed by atoms with E-state index in [2.05, 4.69) is 0 Å². The van der Waals surface area contributed by atoms with Gasteiger partial charge in [0.15, 0.2) is 0 Å². The molecule has 9 heteroatoms. The molecule has 2 aromatic carbocycles. The first-order valence-corrected chi connectivity index (χ1v) is 7.44. The molecule has 0 amide bonds. The molecular weight excluding hydrogens is 415 g/mol. The van der Waals surface area contributed by atoms with Crippen LogP contribution in [0.3, 0.4) is 0 Å². The lowest BCUT2D eigenvalue weighted by molar-refractivity contribution is -0.139. The molecule has 2 aromatic rings. The second kappa shape index (κ2) is 16.4. The van der Waals surface area contributed by atoms with E-state index in [9.17, 15) is 9.59 Å². The van der Waals surface area contributed by atoms with Gasteiger partial charge in [0.1, 0.15) is 12.1 Å². The molecule has 6 nitrogen and oxygen atoms in total. The van der Waals surface area contributed by atoms with Crippen molar-refractivity contribution in [3.8, 4) is 0 Å². The Balaban J connectivity index is -0.000000384. The number of halogens is 3. The third-order valence-corrected chi connectivity index (χ3v) is 3.23. The van der Waals surface area contributed by atoms with E-state index in [0.717, 1.165) is 11.1 Å². The van der Waals surface area contributed by atoms with E-state index in [1.165, 1.54) is 0 Å². The summed E-state index contributed by atoms with van der Waals surface area (Å²) in [5.74, 6) is -1.92. The van der Waals surface area contributed by atoms with Gasteiger partial charge in [-0.25, -0.2) is 0 Å². The molecule has 0 radical (unpaired) electrons. The van der Waals surface area contributed by atoms with Gasteiger partial charge in [-0.2, -0.15) is 0 Å². The molecule has 6 N–H and O–H groups in total. The van der Waals surface area contributed by atoms with Gasteiger partial charge in [-0.3, -0.25) is 9.59 Å². The third kappa shape index (κ3) is 13.1. The summed E-state index contributed by atoms with van der Waals surface area (Å²) in [5, 5.41) is 17.0. The van der Waals surface area contributed by atoms with E-state index in [1.807, 2.05) is 60.7 Å². The highest BCUT2D eigenvalue weighted by Gasteiger charge is 2.11. The van der Waals surface area contributed by atoms with Gasteiger partial charge in [-0.05, 0) is 24.0 Å². The summed E-state index contributed by atoms with van der Waals surface area (Å²) in [6.07, 6.45) is 0.770. The van der Waals surface area contributed by atoms with E-state index < -0.39 is 24.0 Å². The Kier molecular flexibility index (Phi) is 18.1. The van der Waals surface area contributed by atoms with Crippen molar-refractivity contribution in [2.45, 2.75) is 24.9 Å². The first kappa shape index (κ1) is 29.9. The number of carboxylic acids is 2. The van der Waals surface area contributed by atoms with Gasteiger partial charge >= 0.3 is 11.9 Å². The summed E-state index contributed by atoms with van der Waals surface area (Å²) in [6.45, 7) is 0. The Morgan fingerprint density at radius 2 is 0.926 bits per heavy atom. The number of nitrogens with two attached hydrogens (primary N) is 2. The van der Waals surface area contributed by atoms with Crippen LogP contribution in [0.15, 0.2) is 60.7 Å². The minimum Gasteiger partial charge on any atom is -0.480 e. The van der Waals surface area contributed by atoms with Crippen LogP contribution in [0.1, 0.15) is 11.1 Å². The zero-order valence-corrected chi connectivity index (χ0v) is 16.9. The van der Waals surface area contributed by atoms with E-state index in [0.29, 0.717) is 12.8 Å². The fourth-order valence-electron chi connectivity index (χ4n) is 1.91. The van der Waals surface area contributed by atoms with Crippen molar-refractivity contribution in [1.29, 1.82) is 0 Å². The molecule has 0 aromatic heterocycles. The fraction of sp³-hybridized carbons (Fsp3) is 0.222. The van der Waals surface area contributed by atoms with E-state index in [4.69, 9.17) is 21.7 Å². The Labute approximate surface area is 177 Å². The zero-order valence-electron chi connectivity index (χ0n) is 14.4. The van der Waals surface area contributed by atoms with Crippen molar-refractivity contribution in [2.24, 2.45) is 11.5 Å². The Morgan fingerprint density at radius 1 is 0.667 bits per heavy atom. The van der Waals surface area contributed by atoms with Crippen molar-refractivity contribution < 1.29 is 19.8 Å². The number of rotatable bonds is 6. The minimum atomic E-state index is -0.959. The maximum absolute atomic E-state index is 10.4. The molecule has 27 heavy (non-hydrogen) atoms. The van der Waals surface area contributed by atoms with Crippen LogP contribution in [-0.2, 0) is 22.4 Å². The van der Waals surface area contributed by atoms with Crippen molar-refractivity contribution in [3.05, 3.63) is 71.8 Å². The van der Waals surface area contributed by atoms with Crippen LogP contribution < -0.4 is 11.5 Å². The van der Waals surface area contributed by atoms with Crippen LogP contribution >= 0.6 is 37.2 Å². The third-order valence-electron chi connectivity index (χ3n) is 3.23. The van der Waals surface area contributed by atoms with E-state index >= 15 is 0 Å². The number of aliphatic carboxylic acids is 2. The molecule has 0 saturated carbocycles. The molecule has 0 aliphatic rings. The van der Waals surface area contributed by atoms with Gasteiger partial charge in [0.05, 0.1) is 0 Å². The Hall–Kier alpha value is -1.83. The molecule has 0 bridgehead atoms. The molecule has 152 valence electrons. The standard InChI is InChI=1S/2C9H11NO2.3ClH/c2*10-8(9(11)12)6-7-4-2-1-3-5-7;;;/h2*1-5,8H,6,10H2,(H,11,12);3*1H. The molecule has 0 aliphatic carbocycles. The lowest BCUT2D eigenvalue weighted by atomic mass is 10.1. The van der Waals surface area contributed by atoms with Crippen LogP contribution in [0.4, 0.5) is 0 Å². The number of carboxylic acid groups (broad SMARTS) is 2. The molecular formula is C18H25Cl3N2O4. The van der Waals surface area contributed by atoms with Gasteiger partial charge in [-0.1, -0.05) is 60.7 Å². The van der Waals surface area contributed by atoms with Gasteiger partial charge < -0.3 is 21.7 Å². The van der Waals surface area contributed by atoms with Crippen LogP contribution in [0.25, 0.3) is 0 Å². The monoisotopic (exact) mass is 438 g/mol. The SMILES string of the molecule is Cl.Cl.Cl.NC(Cc1ccccc1)C(=O)O.NC(Cc1ccccc1)C(=O)O. The molecule has 0 spiro atoms. The summed E-state index contributed by atoms with van der Waals surface area (Å²) in [6, 6.07) is 17.1. The maximum atomic E-state index is 10.4. The molecule has 2 atom stereocenters. The first-order chi connectivity index (χ1) is 11.4. The Morgan fingerprint density at radius 3 is 1.15 bits per heavy atom. The summed E-state index contributed by atoms with van der Waals surface area (Å²) in [5.41, 5.74) is 12.6. The van der Waals surface area contributed by atoms with Gasteiger partial charge in [0.25, 0.3) is 0 Å². The molecule has 2 unspecified atom stereocenters. The van der Waals surface area contributed by atoms with Crippen LogP contribution in [0.2, 0.25) is 0 Å². The lowest BCUT2D eigenvalue weighted by Gasteiger charge is -2.04. The number of hydrogen-bond acceptors (Lipinski definition) is 4. The second-order valence-corrected chi connectivity index (χ2v) is 5.27. The van der Waals surface area contributed by atoms with Crippen molar-refractivity contribution >= 4 is 49.2 Å². The topological polar surface area (TPSA) is 127 Å². The van der Waals surface area contributed by atoms with Crippen molar-refractivity contribution in [3.63, 3.8) is 0 Å². The molecule has 0 saturated heterocycles. The second-order valence-electron chi connectivity index (χ2n) is 5.27. The van der Waals surface area contributed by atoms with E-state index in [1.54, 1.807) is 0 Å².